The van der Waals surface area contributed by atoms with Gasteiger partial charge in [0.05, 0.1) is 22.5 Å². The van der Waals surface area contributed by atoms with Gasteiger partial charge in [-0.25, -0.2) is 0 Å². The molecule has 0 atom stereocenters. The van der Waals surface area contributed by atoms with E-state index in [1.54, 1.807) is 0 Å². The second-order valence-electron chi connectivity index (χ2n) is 3.41. The highest BCUT2D eigenvalue weighted by molar-refractivity contribution is 14.1. The highest BCUT2D eigenvalue weighted by Gasteiger charge is 2.10. The fourth-order valence-electron chi connectivity index (χ4n) is 1.06. The van der Waals surface area contributed by atoms with E-state index < -0.39 is 0 Å². The third kappa shape index (κ3) is 3.77. The van der Waals surface area contributed by atoms with Crippen LogP contribution in [0.2, 0.25) is 0 Å². The maximum atomic E-state index is 5.55. The summed E-state index contributed by atoms with van der Waals surface area (Å²) in [5.74, 6) is 0.626. The first-order valence-corrected chi connectivity index (χ1v) is 6.56. The molecule has 0 spiro atoms. The summed E-state index contributed by atoms with van der Waals surface area (Å²) in [4.78, 5) is 8.50. The molecule has 0 saturated carbocycles. The molecule has 0 unspecified atom stereocenters. The van der Waals surface area contributed by atoms with Crippen molar-refractivity contribution in [3.8, 4) is 11.9 Å². The minimum atomic E-state index is 0.408. The quantitative estimate of drug-likeness (QED) is 0.749. The van der Waals surface area contributed by atoms with Gasteiger partial charge in [-0.1, -0.05) is 13.8 Å². The predicted molar refractivity (Wildman–Crippen MR) is 71.1 cm³/mol. The number of hydrogen-bond acceptors (Lipinski definition) is 4. The zero-order valence-corrected chi connectivity index (χ0v) is 12.1. The van der Waals surface area contributed by atoms with Gasteiger partial charge in [0.15, 0.2) is 0 Å². The molecule has 0 N–H and O–H groups in total. The molecule has 1 aromatic heterocycles. The van der Waals surface area contributed by atoms with Crippen molar-refractivity contribution in [3.63, 3.8) is 0 Å². The van der Waals surface area contributed by atoms with Crippen molar-refractivity contribution >= 4 is 22.6 Å². The van der Waals surface area contributed by atoms with E-state index in [1.807, 2.05) is 13.8 Å². The van der Waals surface area contributed by atoms with Crippen molar-refractivity contribution in [2.75, 3.05) is 13.2 Å². The molecule has 0 aliphatic heterocycles. The minimum Gasteiger partial charge on any atom is -0.477 e. The van der Waals surface area contributed by atoms with Crippen LogP contribution < -0.4 is 9.47 Å². The van der Waals surface area contributed by atoms with Crippen LogP contribution in [0.25, 0.3) is 0 Å². The van der Waals surface area contributed by atoms with Crippen LogP contribution in [0.5, 0.6) is 11.9 Å². The average Bonchev–Trinajstić information content (AvgIpc) is 2.28. The van der Waals surface area contributed by atoms with Crippen LogP contribution in [0.15, 0.2) is 0 Å². The molecule has 5 heteroatoms. The third-order valence-electron chi connectivity index (χ3n) is 1.84. The zero-order valence-electron chi connectivity index (χ0n) is 9.92. The van der Waals surface area contributed by atoms with E-state index in [0.717, 1.165) is 22.1 Å². The van der Waals surface area contributed by atoms with E-state index in [1.165, 1.54) is 0 Å². The lowest BCUT2D eigenvalue weighted by atomic mass is 10.4. The van der Waals surface area contributed by atoms with E-state index in [-0.39, 0.29) is 0 Å². The van der Waals surface area contributed by atoms with Gasteiger partial charge >= 0.3 is 6.01 Å². The van der Waals surface area contributed by atoms with Crippen LogP contribution in [0.1, 0.15) is 32.4 Å². The molecule has 0 radical (unpaired) electrons. The van der Waals surface area contributed by atoms with Crippen LogP contribution in [-0.4, -0.2) is 23.2 Å². The molecule has 0 aromatic carbocycles. The summed E-state index contributed by atoms with van der Waals surface area (Å²) in [6, 6.07) is 0.408. The number of nitrogens with zero attached hydrogens (tertiary/aromatic N) is 2. The van der Waals surface area contributed by atoms with Gasteiger partial charge in [-0.2, -0.15) is 9.97 Å². The summed E-state index contributed by atoms with van der Waals surface area (Å²) in [5.41, 5.74) is 0.896. The average molecular weight is 336 g/mol. The van der Waals surface area contributed by atoms with Gasteiger partial charge in [0.2, 0.25) is 5.88 Å². The summed E-state index contributed by atoms with van der Waals surface area (Å²) >= 11 is 2.19. The molecule has 90 valence electrons. The lowest BCUT2D eigenvalue weighted by molar-refractivity contribution is 0.268. The standard InChI is InChI=1S/C11H17IN2O2/c1-4-6-15-10-9(12)8(3)13-11(14-10)16-7-5-2/h4-7H2,1-3H3. The number of hydrogen-bond donors (Lipinski definition) is 0. The Balaban J connectivity index is 2.83. The fraction of sp³-hybridized carbons (Fsp3) is 0.636. The zero-order chi connectivity index (χ0) is 12.0. The first-order valence-electron chi connectivity index (χ1n) is 5.48. The van der Waals surface area contributed by atoms with Crippen LogP contribution in [-0.2, 0) is 0 Å². The smallest absolute Gasteiger partial charge is 0.319 e. The maximum absolute atomic E-state index is 5.55. The Morgan fingerprint density at radius 1 is 1.06 bits per heavy atom. The lowest BCUT2D eigenvalue weighted by Gasteiger charge is -2.10. The topological polar surface area (TPSA) is 44.2 Å². The van der Waals surface area contributed by atoms with E-state index in [4.69, 9.17) is 9.47 Å². The Hall–Kier alpha value is -0.590. The van der Waals surface area contributed by atoms with Gasteiger partial charge in [0.1, 0.15) is 0 Å². The SMILES string of the molecule is CCCOc1nc(C)c(I)c(OCCC)n1. The van der Waals surface area contributed by atoms with Crippen molar-refractivity contribution in [1.82, 2.24) is 9.97 Å². The largest absolute Gasteiger partial charge is 0.477 e. The normalized spacial score (nSPS) is 10.2. The minimum absolute atomic E-state index is 0.408. The van der Waals surface area contributed by atoms with Crippen LogP contribution in [0, 0.1) is 10.5 Å². The van der Waals surface area contributed by atoms with Crippen molar-refractivity contribution in [1.29, 1.82) is 0 Å². The molecule has 1 rings (SSSR count). The van der Waals surface area contributed by atoms with E-state index in [0.29, 0.717) is 25.1 Å². The van der Waals surface area contributed by atoms with Gasteiger partial charge < -0.3 is 9.47 Å². The highest BCUT2D eigenvalue weighted by Crippen LogP contribution is 2.23. The molecule has 0 fully saturated rings. The van der Waals surface area contributed by atoms with Gasteiger partial charge in [0.25, 0.3) is 0 Å². The first kappa shape index (κ1) is 13.5. The van der Waals surface area contributed by atoms with Crippen molar-refractivity contribution in [2.24, 2.45) is 0 Å². The van der Waals surface area contributed by atoms with E-state index >= 15 is 0 Å². The van der Waals surface area contributed by atoms with Crippen LogP contribution in [0.3, 0.4) is 0 Å². The third-order valence-corrected chi connectivity index (χ3v) is 3.09. The van der Waals surface area contributed by atoms with Gasteiger partial charge in [-0.15, -0.1) is 0 Å². The number of halogens is 1. The summed E-state index contributed by atoms with van der Waals surface area (Å²) in [6.45, 7) is 7.34. The summed E-state index contributed by atoms with van der Waals surface area (Å²) < 4.78 is 11.9. The Bertz CT molecular complexity index is 345. The molecule has 1 aromatic rings. The van der Waals surface area contributed by atoms with Crippen molar-refractivity contribution in [2.45, 2.75) is 33.6 Å². The van der Waals surface area contributed by atoms with E-state index in [2.05, 4.69) is 39.5 Å². The summed E-state index contributed by atoms with van der Waals surface area (Å²) in [7, 11) is 0. The van der Waals surface area contributed by atoms with Crippen LogP contribution >= 0.6 is 22.6 Å². The second kappa shape index (κ2) is 6.88. The molecular weight excluding hydrogens is 319 g/mol. The first-order chi connectivity index (χ1) is 7.69. The molecule has 4 nitrogen and oxygen atoms in total. The highest BCUT2D eigenvalue weighted by atomic mass is 127. The Kier molecular flexibility index (Phi) is 5.79. The predicted octanol–water partition coefficient (Wildman–Crippen LogP) is 2.97. The lowest BCUT2D eigenvalue weighted by Crippen LogP contribution is -2.06. The number of aryl methyl sites for hydroxylation is 1. The van der Waals surface area contributed by atoms with Gasteiger partial charge in [-0.05, 0) is 42.4 Å². The van der Waals surface area contributed by atoms with Crippen LogP contribution in [0.4, 0.5) is 0 Å². The Labute approximate surface area is 110 Å². The van der Waals surface area contributed by atoms with Crippen molar-refractivity contribution in [3.05, 3.63) is 9.26 Å². The van der Waals surface area contributed by atoms with E-state index in [9.17, 15) is 0 Å². The molecule has 0 amide bonds. The monoisotopic (exact) mass is 336 g/mol. The molecule has 0 saturated heterocycles. The number of rotatable bonds is 6. The number of aromatic nitrogens is 2. The number of ether oxygens (including phenoxy) is 2. The molecule has 0 bridgehead atoms. The fourth-order valence-corrected chi connectivity index (χ4v) is 1.46. The van der Waals surface area contributed by atoms with Crippen molar-refractivity contribution < 1.29 is 9.47 Å². The van der Waals surface area contributed by atoms with Gasteiger partial charge in [0, 0.05) is 0 Å². The molecule has 1 heterocycles. The molecule has 16 heavy (non-hydrogen) atoms. The maximum Gasteiger partial charge on any atom is 0.319 e. The second-order valence-corrected chi connectivity index (χ2v) is 4.49. The van der Waals surface area contributed by atoms with Gasteiger partial charge in [-0.3, -0.25) is 0 Å². The molecule has 0 aliphatic rings. The summed E-state index contributed by atoms with van der Waals surface area (Å²) in [5, 5.41) is 0. The Morgan fingerprint density at radius 3 is 2.31 bits per heavy atom. The summed E-state index contributed by atoms with van der Waals surface area (Å²) in [6.07, 6.45) is 1.91. The molecule has 0 aliphatic carbocycles. The molecular formula is C11H17IN2O2. The Morgan fingerprint density at radius 2 is 1.69 bits per heavy atom.